The van der Waals surface area contributed by atoms with E-state index in [0.29, 0.717) is 23.0 Å². The van der Waals surface area contributed by atoms with Crippen molar-refractivity contribution in [1.82, 2.24) is 10.6 Å². The average Bonchev–Trinajstić information content (AvgIpc) is 2.54. The molecule has 1 saturated heterocycles. The van der Waals surface area contributed by atoms with Crippen LogP contribution in [0.4, 0.5) is 0 Å². The predicted octanol–water partition coefficient (Wildman–Crippen LogP) is 1.82. The first-order valence-electron chi connectivity index (χ1n) is 7.39. The highest BCUT2D eigenvalue weighted by Crippen LogP contribution is 2.25. The molecule has 1 aromatic carbocycles. The van der Waals surface area contributed by atoms with Gasteiger partial charge in [0.2, 0.25) is 0 Å². The van der Waals surface area contributed by atoms with Crippen molar-refractivity contribution in [3.63, 3.8) is 0 Å². The Labute approximate surface area is 126 Å². The highest BCUT2D eigenvalue weighted by atomic mass is 16.5. The van der Waals surface area contributed by atoms with Gasteiger partial charge in [-0.3, -0.25) is 4.79 Å². The Morgan fingerprint density at radius 2 is 2.00 bits per heavy atom. The molecule has 5 heteroatoms. The molecule has 0 saturated carbocycles. The van der Waals surface area contributed by atoms with Crippen molar-refractivity contribution in [2.45, 2.75) is 25.8 Å². The van der Waals surface area contributed by atoms with Crippen LogP contribution in [0.25, 0.3) is 0 Å². The minimum atomic E-state index is -0.0967. The average molecular weight is 292 g/mol. The number of piperidine rings is 1. The first-order valence-corrected chi connectivity index (χ1v) is 7.39. The first-order chi connectivity index (χ1) is 10.2. The molecule has 1 amide bonds. The summed E-state index contributed by atoms with van der Waals surface area (Å²) in [5.74, 6) is 1.64. The Hall–Kier alpha value is -1.75. The maximum atomic E-state index is 12.4. The van der Waals surface area contributed by atoms with Gasteiger partial charge in [-0.25, -0.2) is 0 Å². The van der Waals surface area contributed by atoms with E-state index in [1.165, 1.54) is 0 Å². The normalized spacial score (nSPS) is 17.1. The zero-order chi connectivity index (χ0) is 15.2. The number of hydrogen-bond acceptors (Lipinski definition) is 4. The maximum Gasteiger partial charge on any atom is 0.255 e. The van der Waals surface area contributed by atoms with Crippen molar-refractivity contribution in [2.75, 3.05) is 27.3 Å². The van der Waals surface area contributed by atoms with Crippen molar-refractivity contribution in [2.24, 2.45) is 5.92 Å². The summed E-state index contributed by atoms with van der Waals surface area (Å²) in [7, 11) is 3.15. The summed E-state index contributed by atoms with van der Waals surface area (Å²) in [5.41, 5.74) is 0.541. The van der Waals surface area contributed by atoms with Crippen LogP contribution in [0, 0.1) is 5.92 Å². The Morgan fingerprint density at radius 3 is 2.62 bits per heavy atom. The van der Waals surface area contributed by atoms with Gasteiger partial charge in [0.05, 0.1) is 19.8 Å². The van der Waals surface area contributed by atoms with Crippen LogP contribution in [0.1, 0.15) is 30.1 Å². The molecule has 1 fully saturated rings. The molecule has 0 aliphatic carbocycles. The van der Waals surface area contributed by atoms with E-state index in [0.717, 1.165) is 25.9 Å². The fourth-order valence-corrected chi connectivity index (χ4v) is 2.73. The van der Waals surface area contributed by atoms with Crippen LogP contribution in [0.5, 0.6) is 11.5 Å². The second kappa shape index (κ2) is 7.31. The van der Waals surface area contributed by atoms with Gasteiger partial charge in [-0.15, -0.1) is 0 Å². The summed E-state index contributed by atoms with van der Waals surface area (Å²) < 4.78 is 10.4. The molecule has 116 valence electrons. The van der Waals surface area contributed by atoms with E-state index >= 15 is 0 Å². The van der Waals surface area contributed by atoms with E-state index in [4.69, 9.17) is 9.47 Å². The van der Waals surface area contributed by atoms with Gasteiger partial charge in [-0.1, -0.05) is 0 Å². The number of amides is 1. The number of nitrogens with one attached hydrogen (secondary N) is 2. The molecule has 1 aliphatic rings. The first kappa shape index (κ1) is 15.6. The molecule has 0 aromatic heterocycles. The van der Waals surface area contributed by atoms with E-state index in [1.54, 1.807) is 32.4 Å². The van der Waals surface area contributed by atoms with Crippen LogP contribution in [0.3, 0.4) is 0 Å². The predicted molar refractivity (Wildman–Crippen MR) is 82.1 cm³/mol. The number of carbonyl (C=O) groups is 1. The molecular weight excluding hydrogens is 268 g/mol. The second-order valence-corrected chi connectivity index (χ2v) is 5.42. The van der Waals surface area contributed by atoms with Gasteiger partial charge in [0.25, 0.3) is 5.91 Å². The summed E-state index contributed by atoms with van der Waals surface area (Å²) >= 11 is 0. The standard InChI is InChI=1S/C16H24N2O3/c1-11(12-6-8-17-9-7-12)18-16(19)14-5-4-13(20-2)10-15(14)21-3/h4-5,10-12,17H,6-9H2,1-3H3,(H,18,19). The summed E-state index contributed by atoms with van der Waals surface area (Å²) in [4.78, 5) is 12.4. The maximum absolute atomic E-state index is 12.4. The molecule has 0 radical (unpaired) electrons. The minimum absolute atomic E-state index is 0.0967. The van der Waals surface area contributed by atoms with Crippen LogP contribution in [-0.4, -0.2) is 39.3 Å². The third kappa shape index (κ3) is 3.88. The molecule has 1 aliphatic heterocycles. The van der Waals surface area contributed by atoms with Gasteiger partial charge < -0.3 is 20.1 Å². The summed E-state index contributed by atoms with van der Waals surface area (Å²) in [6.45, 7) is 4.12. The Morgan fingerprint density at radius 1 is 1.29 bits per heavy atom. The minimum Gasteiger partial charge on any atom is -0.497 e. The highest BCUT2D eigenvalue weighted by molar-refractivity contribution is 5.97. The number of rotatable bonds is 5. The van der Waals surface area contributed by atoms with Crippen LogP contribution in [0.15, 0.2) is 18.2 Å². The number of hydrogen-bond donors (Lipinski definition) is 2. The third-order valence-electron chi connectivity index (χ3n) is 4.10. The molecular formula is C16H24N2O3. The molecule has 2 N–H and O–H groups in total. The van der Waals surface area contributed by atoms with Gasteiger partial charge >= 0.3 is 0 Å². The van der Waals surface area contributed by atoms with Gasteiger partial charge in [-0.2, -0.15) is 0 Å². The molecule has 1 aromatic rings. The monoisotopic (exact) mass is 292 g/mol. The zero-order valence-electron chi connectivity index (χ0n) is 12.9. The molecule has 0 spiro atoms. The van der Waals surface area contributed by atoms with Crippen molar-refractivity contribution in [1.29, 1.82) is 0 Å². The van der Waals surface area contributed by atoms with E-state index in [9.17, 15) is 4.79 Å². The largest absolute Gasteiger partial charge is 0.497 e. The van der Waals surface area contributed by atoms with Gasteiger partial charge in [0.15, 0.2) is 0 Å². The van der Waals surface area contributed by atoms with Crippen molar-refractivity contribution < 1.29 is 14.3 Å². The highest BCUT2D eigenvalue weighted by Gasteiger charge is 2.23. The van der Waals surface area contributed by atoms with E-state index < -0.39 is 0 Å². The van der Waals surface area contributed by atoms with E-state index in [2.05, 4.69) is 17.6 Å². The fraction of sp³-hybridized carbons (Fsp3) is 0.562. The SMILES string of the molecule is COc1ccc(C(=O)NC(C)C2CCNCC2)c(OC)c1. The third-order valence-corrected chi connectivity index (χ3v) is 4.10. The smallest absolute Gasteiger partial charge is 0.255 e. The van der Waals surface area contributed by atoms with Crippen molar-refractivity contribution in [3.05, 3.63) is 23.8 Å². The number of benzene rings is 1. The van der Waals surface area contributed by atoms with E-state index in [1.807, 2.05) is 0 Å². The molecule has 21 heavy (non-hydrogen) atoms. The van der Waals surface area contributed by atoms with Crippen molar-refractivity contribution >= 4 is 5.91 Å². The second-order valence-electron chi connectivity index (χ2n) is 5.42. The van der Waals surface area contributed by atoms with Crippen LogP contribution in [-0.2, 0) is 0 Å². The van der Waals surface area contributed by atoms with Crippen LogP contribution in [0.2, 0.25) is 0 Å². The quantitative estimate of drug-likeness (QED) is 0.869. The molecule has 1 heterocycles. The Bertz CT molecular complexity index is 484. The molecule has 1 atom stereocenters. The molecule has 0 bridgehead atoms. The van der Waals surface area contributed by atoms with Gasteiger partial charge in [-0.05, 0) is 50.9 Å². The molecule has 1 unspecified atom stereocenters. The van der Waals surface area contributed by atoms with Crippen molar-refractivity contribution in [3.8, 4) is 11.5 Å². The number of carbonyl (C=O) groups excluding carboxylic acids is 1. The Kier molecular flexibility index (Phi) is 5.44. The lowest BCUT2D eigenvalue weighted by atomic mass is 9.91. The van der Waals surface area contributed by atoms with Crippen LogP contribution >= 0.6 is 0 Å². The van der Waals surface area contributed by atoms with E-state index in [-0.39, 0.29) is 11.9 Å². The lowest BCUT2D eigenvalue weighted by Crippen LogP contribution is -2.42. The van der Waals surface area contributed by atoms with Crippen LogP contribution < -0.4 is 20.1 Å². The number of ether oxygens (including phenoxy) is 2. The van der Waals surface area contributed by atoms with Gasteiger partial charge in [0.1, 0.15) is 11.5 Å². The zero-order valence-corrected chi connectivity index (χ0v) is 12.9. The summed E-state index contributed by atoms with van der Waals surface area (Å²) in [6, 6.07) is 5.39. The number of methoxy groups -OCH3 is 2. The topological polar surface area (TPSA) is 59.6 Å². The Balaban J connectivity index is 2.05. The summed E-state index contributed by atoms with van der Waals surface area (Å²) in [5, 5.41) is 6.43. The summed E-state index contributed by atoms with van der Waals surface area (Å²) in [6.07, 6.45) is 2.20. The molecule has 5 nitrogen and oxygen atoms in total. The molecule has 2 rings (SSSR count). The van der Waals surface area contributed by atoms with Gasteiger partial charge in [0, 0.05) is 12.1 Å². The lowest BCUT2D eigenvalue weighted by Gasteiger charge is -2.29. The lowest BCUT2D eigenvalue weighted by molar-refractivity contribution is 0.0917. The fourth-order valence-electron chi connectivity index (χ4n) is 2.73.